The number of aromatic nitrogens is 1. The molecule has 1 aliphatic heterocycles. The fourth-order valence-corrected chi connectivity index (χ4v) is 3.39. The van der Waals surface area contributed by atoms with Crippen molar-refractivity contribution in [2.24, 2.45) is 0 Å². The van der Waals surface area contributed by atoms with Crippen LogP contribution in [0.2, 0.25) is 5.02 Å². The summed E-state index contributed by atoms with van der Waals surface area (Å²) in [6.07, 6.45) is 5.20. The third-order valence-corrected chi connectivity index (χ3v) is 5.28. The molecule has 0 saturated carbocycles. The Hall–Kier alpha value is -1.91. The normalized spacial score (nSPS) is 15.5. The molecule has 0 bridgehead atoms. The number of nitrogens with one attached hydrogen (secondary N) is 1. The van der Waals surface area contributed by atoms with E-state index in [1.165, 1.54) is 25.7 Å². The molecule has 1 N–H and O–H groups in total. The van der Waals surface area contributed by atoms with Gasteiger partial charge >= 0.3 is 0 Å². The summed E-state index contributed by atoms with van der Waals surface area (Å²) < 4.78 is 0. The minimum Gasteiger partial charge on any atom is -0.351 e. The van der Waals surface area contributed by atoms with Gasteiger partial charge in [-0.1, -0.05) is 36.6 Å². The number of carbonyl (C=O) groups excluding carboxylic acids is 1. The summed E-state index contributed by atoms with van der Waals surface area (Å²) in [5.41, 5.74) is 3.32. The van der Waals surface area contributed by atoms with Gasteiger partial charge < -0.3 is 10.2 Å². The number of nitrogens with zero attached hydrogens (tertiary/aromatic N) is 2. The number of hydrogen-bond acceptors (Lipinski definition) is 3. The SMILES string of the molecule is Cc1nc(-c2ccc(C(=O)NCCN3CCCCCC3)cc2)ccc1Cl. The van der Waals surface area contributed by atoms with Gasteiger partial charge in [0.1, 0.15) is 0 Å². The van der Waals surface area contributed by atoms with Crippen molar-refractivity contribution in [2.45, 2.75) is 32.6 Å². The van der Waals surface area contributed by atoms with Crippen LogP contribution in [0.15, 0.2) is 36.4 Å². The lowest BCUT2D eigenvalue weighted by Gasteiger charge is -2.19. The highest BCUT2D eigenvalue weighted by atomic mass is 35.5. The Bertz CT molecular complexity index is 737. The van der Waals surface area contributed by atoms with Crippen molar-refractivity contribution in [1.82, 2.24) is 15.2 Å². The van der Waals surface area contributed by atoms with E-state index in [0.717, 1.165) is 36.6 Å². The molecule has 1 saturated heterocycles. The van der Waals surface area contributed by atoms with Gasteiger partial charge in [-0.05, 0) is 57.1 Å². The Morgan fingerprint density at radius 3 is 2.42 bits per heavy atom. The first-order chi connectivity index (χ1) is 12.6. The average Bonchev–Trinajstić information content (AvgIpc) is 2.93. The smallest absolute Gasteiger partial charge is 0.251 e. The number of likely N-dealkylation sites (tertiary alicyclic amines) is 1. The summed E-state index contributed by atoms with van der Waals surface area (Å²) in [5, 5.41) is 3.69. The van der Waals surface area contributed by atoms with Crippen molar-refractivity contribution in [3.8, 4) is 11.3 Å². The van der Waals surface area contributed by atoms with Gasteiger partial charge in [0.25, 0.3) is 5.91 Å². The second kappa shape index (κ2) is 9.15. The lowest BCUT2D eigenvalue weighted by atomic mass is 10.1. The standard InChI is InChI=1S/C21H26ClN3O/c1-16-19(22)10-11-20(24-16)17-6-8-18(9-7-17)21(26)23-12-15-25-13-4-2-3-5-14-25/h6-11H,2-5,12-15H2,1H3,(H,23,26). The molecule has 5 heteroatoms. The molecule has 0 aliphatic carbocycles. The lowest BCUT2D eigenvalue weighted by molar-refractivity contribution is 0.0948. The van der Waals surface area contributed by atoms with Crippen molar-refractivity contribution >= 4 is 17.5 Å². The molecule has 0 unspecified atom stereocenters. The molecule has 2 heterocycles. The van der Waals surface area contributed by atoms with E-state index in [1.807, 2.05) is 43.3 Å². The largest absolute Gasteiger partial charge is 0.351 e. The number of aryl methyl sites for hydroxylation is 1. The highest BCUT2D eigenvalue weighted by Crippen LogP contribution is 2.21. The number of carbonyl (C=O) groups is 1. The van der Waals surface area contributed by atoms with Crippen LogP contribution in [0, 0.1) is 6.92 Å². The maximum absolute atomic E-state index is 12.3. The zero-order valence-corrected chi connectivity index (χ0v) is 16.1. The van der Waals surface area contributed by atoms with Gasteiger partial charge in [-0.15, -0.1) is 0 Å². The Labute approximate surface area is 160 Å². The lowest BCUT2D eigenvalue weighted by Crippen LogP contribution is -2.35. The van der Waals surface area contributed by atoms with Crippen molar-refractivity contribution in [3.63, 3.8) is 0 Å². The van der Waals surface area contributed by atoms with Crippen molar-refractivity contribution in [2.75, 3.05) is 26.2 Å². The summed E-state index contributed by atoms with van der Waals surface area (Å²) in [5.74, 6) is -0.0217. The zero-order chi connectivity index (χ0) is 18.4. The number of rotatable bonds is 5. The molecular weight excluding hydrogens is 346 g/mol. The molecule has 2 aromatic rings. The molecule has 1 aromatic carbocycles. The summed E-state index contributed by atoms with van der Waals surface area (Å²) in [4.78, 5) is 19.3. The van der Waals surface area contributed by atoms with Crippen LogP contribution in [0.3, 0.4) is 0 Å². The van der Waals surface area contributed by atoms with Crippen LogP contribution in [-0.2, 0) is 0 Å². The molecule has 0 radical (unpaired) electrons. The predicted molar refractivity (Wildman–Crippen MR) is 107 cm³/mol. The predicted octanol–water partition coefficient (Wildman–Crippen LogP) is 4.32. The van der Waals surface area contributed by atoms with Crippen LogP contribution >= 0.6 is 11.6 Å². The third kappa shape index (κ3) is 5.05. The molecule has 3 rings (SSSR count). The van der Waals surface area contributed by atoms with E-state index in [4.69, 9.17) is 11.6 Å². The van der Waals surface area contributed by atoms with Crippen LogP contribution in [0.1, 0.15) is 41.7 Å². The van der Waals surface area contributed by atoms with Crippen LogP contribution in [-0.4, -0.2) is 42.0 Å². The van der Waals surface area contributed by atoms with Crippen LogP contribution in [0.4, 0.5) is 0 Å². The van der Waals surface area contributed by atoms with E-state index in [9.17, 15) is 4.79 Å². The van der Waals surface area contributed by atoms with Crippen molar-refractivity contribution in [1.29, 1.82) is 0 Å². The molecule has 1 aromatic heterocycles. The maximum atomic E-state index is 12.3. The molecule has 0 atom stereocenters. The van der Waals surface area contributed by atoms with Crippen molar-refractivity contribution in [3.05, 3.63) is 52.7 Å². The van der Waals surface area contributed by atoms with E-state index in [-0.39, 0.29) is 5.91 Å². The molecule has 26 heavy (non-hydrogen) atoms. The van der Waals surface area contributed by atoms with E-state index in [0.29, 0.717) is 17.1 Å². The average molecular weight is 372 g/mol. The summed E-state index contributed by atoms with van der Waals surface area (Å²) >= 11 is 6.03. The summed E-state index contributed by atoms with van der Waals surface area (Å²) in [7, 11) is 0. The first-order valence-electron chi connectivity index (χ1n) is 9.37. The Balaban J connectivity index is 1.54. The third-order valence-electron chi connectivity index (χ3n) is 4.88. The van der Waals surface area contributed by atoms with Gasteiger partial charge in [0, 0.05) is 24.2 Å². The van der Waals surface area contributed by atoms with Crippen LogP contribution in [0.25, 0.3) is 11.3 Å². The maximum Gasteiger partial charge on any atom is 0.251 e. The van der Waals surface area contributed by atoms with E-state index >= 15 is 0 Å². The first kappa shape index (κ1) is 18.9. The summed E-state index contributed by atoms with van der Waals surface area (Å²) in [6.45, 7) is 5.81. The molecule has 1 aliphatic rings. The van der Waals surface area contributed by atoms with Gasteiger partial charge in [0.05, 0.1) is 16.4 Å². The second-order valence-electron chi connectivity index (χ2n) is 6.85. The Kier molecular flexibility index (Phi) is 6.64. The quantitative estimate of drug-likeness (QED) is 0.851. The molecule has 138 valence electrons. The Morgan fingerprint density at radius 1 is 1.08 bits per heavy atom. The topological polar surface area (TPSA) is 45.2 Å². The van der Waals surface area contributed by atoms with Gasteiger partial charge in [-0.25, -0.2) is 0 Å². The van der Waals surface area contributed by atoms with Crippen LogP contribution < -0.4 is 5.32 Å². The molecule has 4 nitrogen and oxygen atoms in total. The zero-order valence-electron chi connectivity index (χ0n) is 15.3. The van der Waals surface area contributed by atoms with E-state index < -0.39 is 0 Å². The number of pyridine rings is 1. The van der Waals surface area contributed by atoms with E-state index in [2.05, 4.69) is 15.2 Å². The minimum atomic E-state index is -0.0217. The fourth-order valence-electron chi connectivity index (χ4n) is 3.29. The minimum absolute atomic E-state index is 0.0217. The molecule has 1 fully saturated rings. The molecule has 0 spiro atoms. The van der Waals surface area contributed by atoms with Gasteiger partial charge in [0.2, 0.25) is 0 Å². The van der Waals surface area contributed by atoms with Gasteiger partial charge in [0.15, 0.2) is 0 Å². The Morgan fingerprint density at radius 2 is 1.77 bits per heavy atom. The van der Waals surface area contributed by atoms with E-state index in [1.54, 1.807) is 0 Å². The van der Waals surface area contributed by atoms with Crippen LogP contribution in [0.5, 0.6) is 0 Å². The highest BCUT2D eigenvalue weighted by molar-refractivity contribution is 6.31. The number of benzene rings is 1. The monoisotopic (exact) mass is 371 g/mol. The summed E-state index contributed by atoms with van der Waals surface area (Å²) in [6, 6.07) is 11.3. The number of hydrogen-bond donors (Lipinski definition) is 1. The second-order valence-corrected chi connectivity index (χ2v) is 7.26. The fraction of sp³-hybridized carbons (Fsp3) is 0.429. The highest BCUT2D eigenvalue weighted by Gasteiger charge is 2.10. The van der Waals surface area contributed by atoms with Gasteiger partial charge in [-0.3, -0.25) is 9.78 Å². The molecular formula is C21H26ClN3O. The number of halogens is 1. The van der Waals surface area contributed by atoms with Gasteiger partial charge in [-0.2, -0.15) is 0 Å². The number of amides is 1. The first-order valence-corrected chi connectivity index (χ1v) is 9.75. The molecule has 1 amide bonds. The van der Waals surface area contributed by atoms with Crippen molar-refractivity contribution < 1.29 is 4.79 Å².